The van der Waals surface area contributed by atoms with E-state index >= 15 is 0 Å². The van der Waals surface area contributed by atoms with Crippen LogP contribution in [0.25, 0.3) is 0 Å². The Bertz CT molecular complexity index is 404. The van der Waals surface area contributed by atoms with Crippen LogP contribution in [0.5, 0.6) is 5.75 Å². The molecule has 0 spiro atoms. The molecular formula is C13H17NO4. The highest BCUT2D eigenvalue weighted by Crippen LogP contribution is 2.28. The summed E-state index contributed by atoms with van der Waals surface area (Å²) in [5, 5.41) is 0. The van der Waals surface area contributed by atoms with Gasteiger partial charge >= 0.3 is 5.97 Å². The summed E-state index contributed by atoms with van der Waals surface area (Å²) in [4.78, 5) is 11.3. The van der Waals surface area contributed by atoms with E-state index in [1.54, 1.807) is 24.3 Å². The summed E-state index contributed by atoms with van der Waals surface area (Å²) in [5.41, 5.74) is 6.17. The van der Waals surface area contributed by atoms with Crippen LogP contribution in [0.1, 0.15) is 12.8 Å². The zero-order valence-corrected chi connectivity index (χ0v) is 10.1. The number of anilines is 1. The number of nitrogens with two attached hydrogens (primary N) is 1. The van der Waals surface area contributed by atoms with Crippen LogP contribution < -0.4 is 10.5 Å². The minimum absolute atomic E-state index is 0.00434. The Balaban J connectivity index is 1.58. The van der Waals surface area contributed by atoms with E-state index in [0.29, 0.717) is 24.0 Å². The molecule has 1 saturated carbocycles. The maximum absolute atomic E-state index is 11.3. The van der Waals surface area contributed by atoms with E-state index in [-0.39, 0.29) is 13.4 Å². The van der Waals surface area contributed by atoms with Gasteiger partial charge in [0.15, 0.2) is 13.4 Å². The third kappa shape index (κ3) is 4.63. The Kier molecular flexibility index (Phi) is 4.41. The van der Waals surface area contributed by atoms with Gasteiger partial charge in [0.2, 0.25) is 0 Å². The quantitative estimate of drug-likeness (QED) is 0.345. The number of carbonyl (C=O) groups excluding carboxylic acids is 1. The number of benzene rings is 1. The van der Waals surface area contributed by atoms with Gasteiger partial charge in [0.05, 0.1) is 6.61 Å². The molecule has 2 rings (SSSR count). The lowest BCUT2D eigenvalue weighted by Crippen LogP contribution is -2.17. The zero-order chi connectivity index (χ0) is 12.8. The van der Waals surface area contributed by atoms with Crippen LogP contribution in [0.4, 0.5) is 5.69 Å². The minimum Gasteiger partial charge on any atom is -0.482 e. The third-order valence-electron chi connectivity index (χ3n) is 2.57. The van der Waals surface area contributed by atoms with Crippen molar-refractivity contribution in [1.29, 1.82) is 0 Å². The van der Waals surface area contributed by atoms with Crippen LogP contribution in [0.3, 0.4) is 0 Å². The van der Waals surface area contributed by atoms with E-state index in [4.69, 9.17) is 19.9 Å². The molecule has 0 aromatic heterocycles. The Morgan fingerprint density at radius 3 is 2.94 bits per heavy atom. The van der Waals surface area contributed by atoms with Crippen molar-refractivity contribution in [3.63, 3.8) is 0 Å². The highest BCUT2D eigenvalue weighted by Gasteiger charge is 2.21. The van der Waals surface area contributed by atoms with Gasteiger partial charge in [-0.1, -0.05) is 6.07 Å². The summed E-state index contributed by atoms with van der Waals surface area (Å²) >= 11 is 0. The fourth-order valence-electron chi connectivity index (χ4n) is 1.39. The molecule has 0 amide bonds. The van der Waals surface area contributed by atoms with Crippen molar-refractivity contribution in [1.82, 2.24) is 0 Å². The van der Waals surface area contributed by atoms with Crippen LogP contribution in [0.15, 0.2) is 24.3 Å². The summed E-state index contributed by atoms with van der Waals surface area (Å²) in [6, 6.07) is 6.88. The summed E-state index contributed by atoms with van der Waals surface area (Å²) in [6.07, 6.45) is 2.43. The number of nitrogen functional groups attached to an aromatic ring is 1. The van der Waals surface area contributed by atoms with Crippen molar-refractivity contribution in [2.45, 2.75) is 12.8 Å². The van der Waals surface area contributed by atoms with Crippen molar-refractivity contribution in [2.75, 3.05) is 25.7 Å². The first-order valence-electron chi connectivity index (χ1n) is 5.96. The summed E-state index contributed by atoms with van der Waals surface area (Å²) in [5.74, 6) is 0.756. The molecule has 1 aromatic rings. The topological polar surface area (TPSA) is 70.8 Å². The van der Waals surface area contributed by atoms with Gasteiger partial charge < -0.3 is 19.9 Å². The first-order valence-corrected chi connectivity index (χ1v) is 5.96. The Hall–Kier alpha value is -1.75. The molecular weight excluding hydrogens is 234 g/mol. The first kappa shape index (κ1) is 12.7. The molecule has 2 N–H and O–H groups in total. The van der Waals surface area contributed by atoms with E-state index in [2.05, 4.69) is 0 Å². The largest absolute Gasteiger partial charge is 0.482 e. The maximum atomic E-state index is 11.3. The molecule has 0 heterocycles. The first-order chi connectivity index (χ1) is 8.74. The Labute approximate surface area is 106 Å². The Morgan fingerprint density at radius 2 is 2.22 bits per heavy atom. The average Bonchev–Trinajstić information content (AvgIpc) is 3.16. The lowest BCUT2D eigenvalue weighted by molar-refractivity contribution is -0.158. The van der Waals surface area contributed by atoms with Gasteiger partial charge in [0.25, 0.3) is 0 Å². The van der Waals surface area contributed by atoms with Crippen LogP contribution >= 0.6 is 0 Å². The Morgan fingerprint density at radius 1 is 1.39 bits per heavy atom. The standard InChI is InChI=1S/C13H17NO4/c14-11-2-1-3-12(6-11)17-8-13(15)18-9-16-7-10-4-5-10/h1-3,6,10H,4-5,7-9,14H2. The lowest BCUT2D eigenvalue weighted by atomic mass is 10.3. The van der Waals surface area contributed by atoms with Crippen LogP contribution in [-0.2, 0) is 14.3 Å². The van der Waals surface area contributed by atoms with Crippen molar-refractivity contribution in [2.24, 2.45) is 5.92 Å². The van der Waals surface area contributed by atoms with E-state index in [1.165, 1.54) is 12.8 Å². The van der Waals surface area contributed by atoms with Gasteiger partial charge in [0, 0.05) is 11.8 Å². The molecule has 1 aliphatic carbocycles. The number of hydrogen-bond acceptors (Lipinski definition) is 5. The molecule has 5 heteroatoms. The molecule has 1 fully saturated rings. The molecule has 0 radical (unpaired) electrons. The van der Waals surface area contributed by atoms with Crippen molar-refractivity contribution < 1.29 is 19.0 Å². The van der Waals surface area contributed by atoms with E-state index in [0.717, 1.165) is 0 Å². The van der Waals surface area contributed by atoms with Crippen molar-refractivity contribution >= 4 is 11.7 Å². The molecule has 0 saturated heterocycles. The number of ether oxygens (including phenoxy) is 3. The van der Waals surface area contributed by atoms with E-state index in [9.17, 15) is 4.79 Å². The second kappa shape index (κ2) is 6.26. The van der Waals surface area contributed by atoms with Gasteiger partial charge in [-0.15, -0.1) is 0 Å². The molecule has 0 bridgehead atoms. The average molecular weight is 251 g/mol. The summed E-state index contributed by atoms with van der Waals surface area (Å²) in [6.45, 7) is 0.523. The molecule has 18 heavy (non-hydrogen) atoms. The van der Waals surface area contributed by atoms with Gasteiger partial charge in [-0.05, 0) is 30.9 Å². The molecule has 98 valence electrons. The number of rotatable bonds is 7. The van der Waals surface area contributed by atoms with Gasteiger partial charge in [-0.25, -0.2) is 4.79 Å². The van der Waals surface area contributed by atoms with Gasteiger partial charge in [0.1, 0.15) is 5.75 Å². The molecule has 0 unspecified atom stereocenters. The molecule has 1 aromatic carbocycles. The molecule has 5 nitrogen and oxygen atoms in total. The molecule has 1 aliphatic rings. The summed E-state index contributed by atoms with van der Waals surface area (Å²) in [7, 11) is 0. The zero-order valence-electron chi connectivity index (χ0n) is 10.1. The van der Waals surface area contributed by atoms with Gasteiger partial charge in [-0.2, -0.15) is 0 Å². The number of carbonyl (C=O) groups is 1. The number of hydrogen-bond donors (Lipinski definition) is 1. The number of esters is 1. The van der Waals surface area contributed by atoms with Crippen LogP contribution in [-0.4, -0.2) is 26.0 Å². The summed E-state index contributed by atoms with van der Waals surface area (Å²) < 4.78 is 15.3. The molecule has 0 aliphatic heterocycles. The second-order valence-corrected chi connectivity index (χ2v) is 4.31. The highest BCUT2D eigenvalue weighted by atomic mass is 16.7. The monoisotopic (exact) mass is 251 g/mol. The predicted octanol–water partition coefficient (Wildman–Crippen LogP) is 1.57. The fourth-order valence-corrected chi connectivity index (χ4v) is 1.39. The lowest BCUT2D eigenvalue weighted by Gasteiger charge is -2.07. The SMILES string of the molecule is Nc1cccc(OCC(=O)OCOCC2CC2)c1. The van der Waals surface area contributed by atoms with Crippen molar-refractivity contribution in [3.8, 4) is 5.75 Å². The third-order valence-corrected chi connectivity index (χ3v) is 2.57. The van der Waals surface area contributed by atoms with Crippen LogP contribution in [0.2, 0.25) is 0 Å². The normalized spacial score (nSPS) is 14.2. The van der Waals surface area contributed by atoms with E-state index in [1.807, 2.05) is 0 Å². The maximum Gasteiger partial charge on any atom is 0.346 e. The minimum atomic E-state index is -0.451. The smallest absolute Gasteiger partial charge is 0.346 e. The van der Waals surface area contributed by atoms with Gasteiger partial charge in [-0.3, -0.25) is 0 Å². The fraction of sp³-hybridized carbons (Fsp3) is 0.462. The van der Waals surface area contributed by atoms with Crippen LogP contribution in [0, 0.1) is 5.92 Å². The van der Waals surface area contributed by atoms with E-state index < -0.39 is 5.97 Å². The molecule has 0 atom stereocenters. The second-order valence-electron chi connectivity index (χ2n) is 4.31. The van der Waals surface area contributed by atoms with Crippen molar-refractivity contribution in [3.05, 3.63) is 24.3 Å². The highest BCUT2D eigenvalue weighted by molar-refractivity contribution is 5.71. The predicted molar refractivity (Wildman–Crippen MR) is 66.0 cm³/mol.